The highest BCUT2D eigenvalue weighted by Crippen LogP contribution is 2.42. The number of carboxylic acids is 1. The van der Waals surface area contributed by atoms with Crippen LogP contribution in [0.2, 0.25) is 0 Å². The van der Waals surface area contributed by atoms with E-state index >= 15 is 0 Å². The van der Waals surface area contributed by atoms with E-state index < -0.39 is 5.97 Å². The van der Waals surface area contributed by atoms with E-state index in [1.807, 2.05) is 31.2 Å². The van der Waals surface area contributed by atoms with E-state index in [1.165, 1.54) is 6.07 Å². The van der Waals surface area contributed by atoms with Crippen molar-refractivity contribution in [2.45, 2.75) is 31.7 Å². The quantitative estimate of drug-likeness (QED) is 0.524. The van der Waals surface area contributed by atoms with E-state index in [9.17, 15) is 14.7 Å². The lowest BCUT2D eigenvalue weighted by atomic mass is 9.74. The maximum Gasteiger partial charge on any atom is 0.336 e. The van der Waals surface area contributed by atoms with Gasteiger partial charge in [-0.2, -0.15) is 0 Å². The summed E-state index contributed by atoms with van der Waals surface area (Å²) in [6, 6.07) is 16.5. The van der Waals surface area contributed by atoms with E-state index in [0.29, 0.717) is 18.4 Å². The van der Waals surface area contributed by atoms with E-state index in [-0.39, 0.29) is 23.1 Å². The number of aromatic carboxylic acids is 1. The Morgan fingerprint density at radius 2 is 1.86 bits per heavy atom. The molecule has 2 bridgehead atoms. The van der Waals surface area contributed by atoms with Gasteiger partial charge in [-0.3, -0.25) is 9.69 Å². The highest BCUT2D eigenvalue weighted by atomic mass is 16.5. The Bertz CT molecular complexity index is 1290. The predicted molar refractivity (Wildman–Crippen MR) is 135 cm³/mol. The van der Waals surface area contributed by atoms with Gasteiger partial charge in [0.1, 0.15) is 11.6 Å². The summed E-state index contributed by atoms with van der Waals surface area (Å²) in [5, 5.41) is 12.4. The van der Waals surface area contributed by atoms with E-state index in [1.54, 1.807) is 25.3 Å². The molecule has 2 aromatic carbocycles. The number of hydrogen-bond donors (Lipinski definition) is 2. The number of nitrogens with zero attached hydrogens (tertiary/aromatic N) is 3. The lowest BCUT2D eigenvalue weighted by Crippen LogP contribution is -2.56. The number of ether oxygens (including phenoxy) is 1. The molecule has 8 nitrogen and oxygen atoms in total. The summed E-state index contributed by atoms with van der Waals surface area (Å²) in [6.45, 7) is 4.28. The first-order valence-electron chi connectivity index (χ1n) is 12.3. The van der Waals surface area contributed by atoms with Gasteiger partial charge in [-0.1, -0.05) is 24.3 Å². The highest BCUT2D eigenvalue weighted by Gasteiger charge is 2.41. The molecule has 4 heterocycles. The fourth-order valence-electron chi connectivity index (χ4n) is 5.63. The Hall–Kier alpha value is -3.78. The van der Waals surface area contributed by atoms with Crippen LogP contribution in [0.3, 0.4) is 0 Å². The zero-order chi connectivity index (χ0) is 25.2. The Morgan fingerprint density at radius 1 is 1.11 bits per heavy atom. The number of amides is 1. The number of carbonyl (C=O) groups is 2. The van der Waals surface area contributed by atoms with Crippen molar-refractivity contribution in [1.82, 2.24) is 20.2 Å². The number of aryl methyl sites for hydroxylation is 1. The number of aromatic nitrogens is 2. The first-order valence-corrected chi connectivity index (χ1v) is 12.3. The maximum atomic E-state index is 12.7. The smallest absolute Gasteiger partial charge is 0.336 e. The molecule has 3 saturated heterocycles. The van der Waals surface area contributed by atoms with Gasteiger partial charge < -0.3 is 15.2 Å². The molecule has 0 radical (unpaired) electrons. The zero-order valence-corrected chi connectivity index (χ0v) is 20.5. The first-order chi connectivity index (χ1) is 17.4. The second-order valence-corrected chi connectivity index (χ2v) is 9.53. The third-order valence-electron chi connectivity index (χ3n) is 7.40. The van der Waals surface area contributed by atoms with Crippen LogP contribution in [0.1, 0.15) is 51.0 Å². The number of nitrogens with one attached hydrogen (secondary N) is 1. The van der Waals surface area contributed by atoms with Crippen LogP contribution in [0.4, 0.5) is 0 Å². The molecule has 3 aromatic rings. The Kier molecular flexibility index (Phi) is 6.69. The second-order valence-electron chi connectivity index (χ2n) is 9.53. The molecule has 186 valence electrons. The van der Waals surface area contributed by atoms with Crippen LogP contribution in [0.15, 0.2) is 54.6 Å². The fourth-order valence-corrected chi connectivity index (χ4v) is 5.63. The molecule has 0 spiro atoms. The van der Waals surface area contributed by atoms with Gasteiger partial charge in [0.05, 0.1) is 23.9 Å². The van der Waals surface area contributed by atoms with Crippen molar-refractivity contribution in [3.05, 3.63) is 77.2 Å². The minimum absolute atomic E-state index is 0.0190. The van der Waals surface area contributed by atoms with Crippen molar-refractivity contribution in [2.24, 2.45) is 5.92 Å². The number of carboxylic acid groups (broad SMARTS) is 1. The van der Waals surface area contributed by atoms with Gasteiger partial charge >= 0.3 is 5.97 Å². The van der Waals surface area contributed by atoms with Gasteiger partial charge in [0.25, 0.3) is 5.91 Å². The van der Waals surface area contributed by atoms with Crippen molar-refractivity contribution < 1.29 is 19.4 Å². The topological polar surface area (TPSA) is 105 Å². The summed E-state index contributed by atoms with van der Waals surface area (Å²) in [5.74, 6) is 0.842. The van der Waals surface area contributed by atoms with Crippen LogP contribution in [0, 0.1) is 12.8 Å². The number of methoxy groups -OCH3 is 1. The van der Waals surface area contributed by atoms with Crippen LogP contribution in [0.5, 0.6) is 5.75 Å². The molecule has 0 aliphatic carbocycles. The number of carbonyl (C=O) groups excluding carboxylic acids is 1. The normalized spacial score (nSPS) is 22.7. The summed E-state index contributed by atoms with van der Waals surface area (Å²) < 4.78 is 5.55. The van der Waals surface area contributed by atoms with E-state index in [2.05, 4.69) is 21.3 Å². The van der Waals surface area contributed by atoms with Gasteiger partial charge in [-0.15, -0.1) is 0 Å². The molecule has 1 unspecified atom stereocenters. The monoisotopic (exact) mass is 486 g/mol. The van der Waals surface area contributed by atoms with Crippen LogP contribution >= 0.6 is 0 Å². The molecule has 0 saturated carbocycles. The number of fused-ring (bicyclic) bond motifs is 3. The van der Waals surface area contributed by atoms with Crippen molar-refractivity contribution in [3.63, 3.8) is 0 Å². The highest BCUT2D eigenvalue weighted by molar-refractivity contribution is 6.04. The fraction of sp³-hybridized carbons (Fsp3) is 0.357. The summed E-state index contributed by atoms with van der Waals surface area (Å²) in [7, 11) is 1.67. The van der Waals surface area contributed by atoms with Crippen LogP contribution in [-0.4, -0.2) is 64.6 Å². The van der Waals surface area contributed by atoms with Crippen molar-refractivity contribution in [3.8, 4) is 17.0 Å². The SMILES string of the molecule is COc1ccccc1-c1cc([C@@H]2CN3CC[C@H]2C[C@@H]3CNC(=O)c2ccccc2C(=O)O)nc(C)n1. The number of para-hydroxylation sites is 1. The molecule has 3 aliphatic rings. The van der Waals surface area contributed by atoms with Crippen LogP contribution in [-0.2, 0) is 0 Å². The lowest BCUT2D eigenvalue weighted by molar-refractivity contribution is 0.0290. The molecule has 3 fully saturated rings. The first kappa shape index (κ1) is 23.9. The average molecular weight is 487 g/mol. The standard InChI is InChI=1S/C28H30N4O4/c1-17-30-24(22-9-5-6-10-26(22)36-2)14-25(31-17)23-16-32-12-11-18(23)13-19(32)15-29-27(33)20-7-3-4-8-21(20)28(34)35/h3-10,14,18-19,23H,11-13,15-16H2,1-2H3,(H,29,33)(H,34,35)/t18-,19+,23+/m0/s1. The summed E-state index contributed by atoms with van der Waals surface area (Å²) in [6.07, 6.45) is 2.04. The van der Waals surface area contributed by atoms with Gasteiger partial charge in [0, 0.05) is 36.3 Å². The molecule has 6 rings (SSSR count). The molecular formula is C28H30N4O4. The molecule has 3 aliphatic heterocycles. The molecular weight excluding hydrogens is 456 g/mol. The minimum Gasteiger partial charge on any atom is -0.496 e. The van der Waals surface area contributed by atoms with Crippen LogP contribution in [0.25, 0.3) is 11.3 Å². The van der Waals surface area contributed by atoms with E-state index in [4.69, 9.17) is 9.72 Å². The third kappa shape index (κ3) is 4.68. The molecule has 1 aromatic heterocycles. The van der Waals surface area contributed by atoms with Crippen molar-refractivity contribution >= 4 is 11.9 Å². The molecule has 36 heavy (non-hydrogen) atoms. The average Bonchev–Trinajstić information content (AvgIpc) is 2.91. The van der Waals surface area contributed by atoms with Crippen molar-refractivity contribution in [1.29, 1.82) is 0 Å². The Labute approximate surface area is 210 Å². The summed E-state index contributed by atoms with van der Waals surface area (Å²) >= 11 is 0. The van der Waals surface area contributed by atoms with Crippen molar-refractivity contribution in [2.75, 3.05) is 26.7 Å². The zero-order valence-electron chi connectivity index (χ0n) is 20.5. The second kappa shape index (κ2) is 10.1. The number of hydrogen-bond acceptors (Lipinski definition) is 6. The van der Waals surface area contributed by atoms with E-state index in [0.717, 1.165) is 54.5 Å². The van der Waals surface area contributed by atoms with Gasteiger partial charge in [0.2, 0.25) is 0 Å². The van der Waals surface area contributed by atoms with Gasteiger partial charge in [-0.25, -0.2) is 14.8 Å². The summed E-state index contributed by atoms with van der Waals surface area (Å²) in [4.78, 5) is 36.2. The number of piperidine rings is 3. The maximum absolute atomic E-state index is 12.7. The molecule has 8 heteroatoms. The largest absolute Gasteiger partial charge is 0.496 e. The minimum atomic E-state index is -1.10. The van der Waals surface area contributed by atoms with Gasteiger partial charge in [0.15, 0.2) is 0 Å². The molecule has 2 N–H and O–H groups in total. The van der Waals surface area contributed by atoms with Crippen LogP contribution < -0.4 is 10.1 Å². The van der Waals surface area contributed by atoms with Gasteiger partial charge in [-0.05, 0) is 62.6 Å². The molecule has 4 atom stereocenters. The number of rotatable bonds is 7. The predicted octanol–water partition coefficient (Wildman–Crippen LogP) is 3.77. The lowest BCUT2D eigenvalue weighted by Gasteiger charge is -2.49. The summed E-state index contributed by atoms with van der Waals surface area (Å²) in [5.41, 5.74) is 3.09. The molecule has 1 amide bonds. The Morgan fingerprint density at radius 3 is 2.58 bits per heavy atom. The number of benzene rings is 2. The Balaban J connectivity index is 1.30. The third-order valence-corrected chi connectivity index (χ3v) is 7.40.